The zero-order chi connectivity index (χ0) is 14.7. The molecule has 2 nitrogen and oxygen atoms in total. The van der Waals surface area contributed by atoms with Crippen LogP contribution < -0.4 is 0 Å². The Hall–Kier alpha value is -1.05. The molecule has 0 heterocycles. The average Bonchev–Trinajstić information content (AvgIpc) is 2.26. The third-order valence-corrected chi connectivity index (χ3v) is 2.77. The first-order valence-corrected chi connectivity index (χ1v) is 7.36. The van der Waals surface area contributed by atoms with Gasteiger partial charge in [-0.15, -0.1) is 0 Å². The Morgan fingerprint density at radius 2 is 1.79 bits per heavy atom. The summed E-state index contributed by atoms with van der Waals surface area (Å²) in [4.78, 5) is 11.3. The molecule has 0 radical (unpaired) electrons. The number of unbranched alkanes of at least 4 members (excludes halogenated alkanes) is 1. The molecule has 0 amide bonds. The van der Waals surface area contributed by atoms with Gasteiger partial charge in [0.25, 0.3) is 0 Å². The van der Waals surface area contributed by atoms with Crippen molar-refractivity contribution in [3.63, 3.8) is 0 Å². The lowest BCUT2D eigenvalue weighted by Crippen LogP contribution is -2.08. The molecule has 0 bridgehead atoms. The smallest absolute Gasteiger partial charge is 0.306 e. The lowest BCUT2D eigenvalue weighted by atomic mass is 10.1. The maximum Gasteiger partial charge on any atom is 0.306 e. The summed E-state index contributed by atoms with van der Waals surface area (Å²) in [5.41, 5.74) is 2.80. The summed E-state index contributed by atoms with van der Waals surface area (Å²) in [5, 5.41) is 0. The molecule has 0 fully saturated rings. The van der Waals surface area contributed by atoms with E-state index >= 15 is 0 Å². The minimum atomic E-state index is -0.0701. The van der Waals surface area contributed by atoms with Crippen LogP contribution in [0.15, 0.2) is 23.3 Å². The van der Waals surface area contributed by atoms with Gasteiger partial charge < -0.3 is 4.74 Å². The number of rotatable bonds is 9. The van der Waals surface area contributed by atoms with E-state index in [4.69, 9.17) is 4.74 Å². The van der Waals surface area contributed by atoms with Crippen molar-refractivity contribution in [3.05, 3.63) is 23.3 Å². The van der Waals surface area contributed by atoms with Crippen LogP contribution in [0.3, 0.4) is 0 Å². The van der Waals surface area contributed by atoms with Crippen LogP contribution in [0.5, 0.6) is 0 Å². The van der Waals surface area contributed by atoms with Gasteiger partial charge in [-0.05, 0) is 52.4 Å². The summed E-state index contributed by atoms with van der Waals surface area (Å²) in [5.74, 6) is 0.309. The summed E-state index contributed by atoms with van der Waals surface area (Å²) < 4.78 is 5.17. The van der Waals surface area contributed by atoms with E-state index in [1.54, 1.807) is 0 Å². The number of carbonyl (C=O) groups is 1. The van der Waals surface area contributed by atoms with Gasteiger partial charge in [-0.1, -0.05) is 37.1 Å². The van der Waals surface area contributed by atoms with Crippen LogP contribution in [0.2, 0.25) is 0 Å². The van der Waals surface area contributed by atoms with Gasteiger partial charge in [-0.3, -0.25) is 4.79 Å². The van der Waals surface area contributed by atoms with Crippen LogP contribution in [0, 0.1) is 5.92 Å². The van der Waals surface area contributed by atoms with Gasteiger partial charge in [-0.2, -0.15) is 0 Å². The third-order valence-electron chi connectivity index (χ3n) is 2.77. The minimum Gasteiger partial charge on any atom is -0.466 e. The monoisotopic (exact) mass is 266 g/mol. The second kappa shape index (κ2) is 10.8. The number of esters is 1. The first-order valence-electron chi connectivity index (χ1n) is 7.36. The molecule has 0 aromatic carbocycles. The van der Waals surface area contributed by atoms with Crippen molar-refractivity contribution >= 4 is 5.97 Å². The number of carbonyl (C=O) groups excluding carboxylic acids is 1. The maximum absolute atomic E-state index is 11.3. The van der Waals surface area contributed by atoms with Crippen molar-refractivity contribution in [1.29, 1.82) is 0 Å². The zero-order valence-electron chi connectivity index (χ0n) is 13.3. The summed E-state index contributed by atoms with van der Waals surface area (Å²) >= 11 is 0. The van der Waals surface area contributed by atoms with Gasteiger partial charge in [-0.25, -0.2) is 0 Å². The topological polar surface area (TPSA) is 26.3 Å². The van der Waals surface area contributed by atoms with Crippen LogP contribution in [0.4, 0.5) is 0 Å². The molecule has 0 atom stereocenters. The normalized spacial score (nSPS) is 11.6. The quantitative estimate of drug-likeness (QED) is 0.332. The van der Waals surface area contributed by atoms with E-state index < -0.39 is 0 Å². The van der Waals surface area contributed by atoms with Gasteiger partial charge in [0.2, 0.25) is 0 Å². The second-order valence-corrected chi connectivity index (χ2v) is 5.83. The summed E-state index contributed by atoms with van der Waals surface area (Å²) in [6, 6.07) is 0. The zero-order valence-corrected chi connectivity index (χ0v) is 13.3. The van der Waals surface area contributed by atoms with Crippen molar-refractivity contribution in [1.82, 2.24) is 0 Å². The molecule has 110 valence electrons. The molecule has 0 saturated heterocycles. The lowest BCUT2D eigenvalue weighted by Gasteiger charge is -2.05. The summed E-state index contributed by atoms with van der Waals surface area (Å²) in [6.45, 7) is 11.0. The first-order chi connectivity index (χ1) is 8.91. The largest absolute Gasteiger partial charge is 0.466 e. The Morgan fingerprint density at radius 1 is 1.11 bits per heavy atom. The molecule has 19 heavy (non-hydrogen) atoms. The van der Waals surface area contributed by atoms with Crippen LogP contribution in [0.25, 0.3) is 0 Å². The Labute approximate surface area is 118 Å². The highest BCUT2D eigenvalue weighted by Gasteiger charge is 2.04. The number of hydrogen-bond acceptors (Lipinski definition) is 2. The SMILES string of the molecule is CC(C)=CCC/C(C)=C/CCCOC(=O)CC(C)C. The molecule has 0 unspecified atom stereocenters. The van der Waals surface area contributed by atoms with E-state index in [-0.39, 0.29) is 5.97 Å². The molecule has 0 saturated carbocycles. The molecule has 0 aliphatic heterocycles. The predicted octanol–water partition coefficient (Wildman–Crippen LogP) is 5.05. The average molecular weight is 266 g/mol. The van der Waals surface area contributed by atoms with E-state index in [2.05, 4.69) is 32.9 Å². The van der Waals surface area contributed by atoms with Crippen LogP contribution in [-0.2, 0) is 9.53 Å². The predicted molar refractivity (Wildman–Crippen MR) is 82.1 cm³/mol. The Balaban J connectivity index is 3.61. The fourth-order valence-corrected chi connectivity index (χ4v) is 1.70. The van der Waals surface area contributed by atoms with Crippen molar-refractivity contribution in [3.8, 4) is 0 Å². The highest BCUT2D eigenvalue weighted by molar-refractivity contribution is 5.69. The van der Waals surface area contributed by atoms with Crippen molar-refractivity contribution in [2.45, 2.75) is 66.7 Å². The third kappa shape index (κ3) is 13.2. The molecule has 0 rings (SSSR count). The maximum atomic E-state index is 11.3. The van der Waals surface area contributed by atoms with Gasteiger partial charge in [0.15, 0.2) is 0 Å². The molecule has 0 aromatic rings. The van der Waals surface area contributed by atoms with Crippen LogP contribution in [0.1, 0.15) is 66.7 Å². The molecular weight excluding hydrogens is 236 g/mol. The number of ether oxygens (including phenoxy) is 1. The molecule has 0 aliphatic carbocycles. The number of hydrogen-bond donors (Lipinski definition) is 0. The van der Waals surface area contributed by atoms with E-state index in [0.717, 1.165) is 25.7 Å². The standard InChI is InChI=1S/C17H30O2/c1-14(2)9-8-11-16(5)10-6-7-12-19-17(18)13-15(3)4/h9-10,15H,6-8,11-13H2,1-5H3/b16-10+. The van der Waals surface area contributed by atoms with Gasteiger partial charge in [0, 0.05) is 6.42 Å². The molecule has 2 heteroatoms. The Morgan fingerprint density at radius 3 is 2.37 bits per heavy atom. The van der Waals surface area contributed by atoms with E-state index in [1.165, 1.54) is 11.1 Å². The summed E-state index contributed by atoms with van der Waals surface area (Å²) in [7, 11) is 0. The van der Waals surface area contributed by atoms with Crippen molar-refractivity contribution in [2.24, 2.45) is 5.92 Å². The Bertz CT molecular complexity index is 307. The fourth-order valence-electron chi connectivity index (χ4n) is 1.70. The molecule has 0 aromatic heterocycles. The fraction of sp³-hybridized carbons (Fsp3) is 0.706. The van der Waals surface area contributed by atoms with Crippen molar-refractivity contribution < 1.29 is 9.53 Å². The van der Waals surface area contributed by atoms with Gasteiger partial charge >= 0.3 is 5.97 Å². The lowest BCUT2D eigenvalue weighted by molar-refractivity contribution is -0.144. The van der Waals surface area contributed by atoms with Crippen LogP contribution >= 0.6 is 0 Å². The second-order valence-electron chi connectivity index (χ2n) is 5.83. The molecule has 0 spiro atoms. The summed E-state index contributed by atoms with van der Waals surface area (Å²) in [6.07, 6.45) is 9.21. The highest BCUT2D eigenvalue weighted by Crippen LogP contribution is 2.09. The molecular formula is C17H30O2. The highest BCUT2D eigenvalue weighted by atomic mass is 16.5. The Kier molecular flexibility index (Phi) is 10.2. The van der Waals surface area contributed by atoms with E-state index in [9.17, 15) is 4.79 Å². The van der Waals surface area contributed by atoms with Crippen LogP contribution in [-0.4, -0.2) is 12.6 Å². The first kappa shape index (κ1) is 17.9. The minimum absolute atomic E-state index is 0.0701. The van der Waals surface area contributed by atoms with Gasteiger partial charge in [0.1, 0.15) is 0 Å². The van der Waals surface area contributed by atoms with Crippen molar-refractivity contribution in [2.75, 3.05) is 6.61 Å². The molecule has 0 aliphatic rings. The van der Waals surface area contributed by atoms with Gasteiger partial charge in [0.05, 0.1) is 6.61 Å². The number of allylic oxidation sites excluding steroid dienone is 4. The van der Waals surface area contributed by atoms with E-state index in [0.29, 0.717) is 18.9 Å². The molecule has 0 N–H and O–H groups in total. The van der Waals surface area contributed by atoms with E-state index in [1.807, 2.05) is 13.8 Å².